The second-order valence-electron chi connectivity index (χ2n) is 4.18. The summed E-state index contributed by atoms with van der Waals surface area (Å²) in [7, 11) is 1.61. The SMILES string of the molecule is COc1ccc(Br)cc1Nc1nc2c(N)cccc2o1. The van der Waals surface area contributed by atoms with Crippen LogP contribution < -0.4 is 15.8 Å². The zero-order valence-corrected chi connectivity index (χ0v) is 12.3. The molecule has 1 aromatic heterocycles. The maximum Gasteiger partial charge on any atom is 0.300 e. The first kappa shape index (κ1) is 12.8. The van der Waals surface area contributed by atoms with Crippen LogP contribution in [0.15, 0.2) is 45.3 Å². The summed E-state index contributed by atoms with van der Waals surface area (Å²) in [6.07, 6.45) is 0. The van der Waals surface area contributed by atoms with Crippen molar-refractivity contribution in [2.24, 2.45) is 0 Å². The summed E-state index contributed by atoms with van der Waals surface area (Å²) < 4.78 is 11.8. The number of oxazole rings is 1. The molecule has 0 amide bonds. The van der Waals surface area contributed by atoms with Crippen molar-refractivity contribution >= 4 is 44.4 Å². The van der Waals surface area contributed by atoms with Crippen molar-refractivity contribution in [2.45, 2.75) is 0 Å². The Balaban J connectivity index is 2.01. The molecule has 0 saturated carbocycles. The van der Waals surface area contributed by atoms with E-state index in [0.717, 1.165) is 10.2 Å². The largest absolute Gasteiger partial charge is 0.495 e. The van der Waals surface area contributed by atoms with Crippen molar-refractivity contribution in [1.29, 1.82) is 0 Å². The Kier molecular flexibility index (Phi) is 3.23. The summed E-state index contributed by atoms with van der Waals surface area (Å²) in [5.74, 6) is 0.698. The van der Waals surface area contributed by atoms with Crippen LogP contribution >= 0.6 is 15.9 Å². The van der Waals surface area contributed by atoms with Crippen LogP contribution in [0.2, 0.25) is 0 Å². The molecule has 3 aromatic rings. The Bertz CT molecular complexity index is 770. The summed E-state index contributed by atoms with van der Waals surface area (Å²) in [6.45, 7) is 0. The van der Waals surface area contributed by atoms with Gasteiger partial charge in [0, 0.05) is 4.47 Å². The van der Waals surface area contributed by atoms with Crippen LogP contribution in [0.4, 0.5) is 17.4 Å². The van der Waals surface area contributed by atoms with Crippen molar-refractivity contribution in [1.82, 2.24) is 4.98 Å². The Morgan fingerprint density at radius 2 is 2.15 bits per heavy atom. The van der Waals surface area contributed by atoms with Gasteiger partial charge in [0.2, 0.25) is 0 Å². The number of nitrogens with zero attached hydrogens (tertiary/aromatic N) is 1. The third kappa shape index (κ3) is 2.30. The minimum Gasteiger partial charge on any atom is -0.495 e. The maximum absolute atomic E-state index is 5.86. The third-order valence-electron chi connectivity index (χ3n) is 2.85. The predicted molar refractivity (Wildman–Crippen MR) is 82.4 cm³/mol. The fourth-order valence-corrected chi connectivity index (χ4v) is 2.28. The third-order valence-corrected chi connectivity index (χ3v) is 3.35. The van der Waals surface area contributed by atoms with E-state index in [4.69, 9.17) is 14.9 Å². The average molecular weight is 334 g/mol. The molecule has 20 heavy (non-hydrogen) atoms. The fourth-order valence-electron chi connectivity index (χ4n) is 1.92. The topological polar surface area (TPSA) is 73.3 Å². The number of nitrogen functional groups attached to an aromatic ring is 1. The number of aromatic nitrogens is 1. The highest BCUT2D eigenvalue weighted by Crippen LogP contribution is 2.32. The fraction of sp³-hybridized carbons (Fsp3) is 0.0714. The monoisotopic (exact) mass is 333 g/mol. The van der Waals surface area contributed by atoms with E-state index in [1.54, 1.807) is 13.2 Å². The van der Waals surface area contributed by atoms with Crippen molar-refractivity contribution in [3.8, 4) is 5.75 Å². The second-order valence-corrected chi connectivity index (χ2v) is 5.10. The molecular formula is C14H12BrN3O2. The van der Waals surface area contributed by atoms with Gasteiger partial charge in [0.15, 0.2) is 5.58 Å². The molecule has 0 spiro atoms. The lowest BCUT2D eigenvalue weighted by molar-refractivity contribution is 0.416. The summed E-state index contributed by atoms with van der Waals surface area (Å²) in [6, 6.07) is 11.4. The van der Waals surface area contributed by atoms with E-state index in [1.807, 2.05) is 30.3 Å². The van der Waals surface area contributed by atoms with Gasteiger partial charge in [-0.1, -0.05) is 22.0 Å². The van der Waals surface area contributed by atoms with E-state index in [2.05, 4.69) is 26.2 Å². The maximum atomic E-state index is 5.86. The van der Waals surface area contributed by atoms with Crippen molar-refractivity contribution in [2.75, 3.05) is 18.2 Å². The molecule has 0 aliphatic heterocycles. The lowest BCUT2D eigenvalue weighted by Gasteiger charge is -2.08. The molecule has 3 N–H and O–H groups in total. The number of nitrogens with two attached hydrogens (primary N) is 1. The molecule has 2 aromatic carbocycles. The van der Waals surface area contributed by atoms with Gasteiger partial charge < -0.3 is 20.2 Å². The summed E-state index contributed by atoms with van der Waals surface area (Å²) in [4.78, 5) is 4.34. The number of para-hydroxylation sites is 1. The van der Waals surface area contributed by atoms with Crippen LogP contribution in [0.1, 0.15) is 0 Å². The van der Waals surface area contributed by atoms with Gasteiger partial charge >= 0.3 is 0 Å². The van der Waals surface area contributed by atoms with Crippen LogP contribution in [-0.2, 0) is 0 Å². The summed E-state index contributed by atoms with van der Waals surface area (Å²) in [5, 5.41) is 3.09. The number of fused-ring (bicyclic) bond motifs is 1. The quantitative estimate of drug-likeness (QED) is 0.710. The molecule has 0 saturated heterocycles. The first-order valence-corrected chi connectivity index (χ1v) is 6.72. The number of hydrogen-bond acceptors (Lipinski definition) is 5. The van der Waals surface area contributed by atoms with E-state index in [1.165, 1.54) is 0 Å². The summed E-state index contributed by atoms with van der Waals surface area (Å²) >= 11 is 3.42. The molecule has 0 atom stereocenters. The van der Waals surface area contributed by atoms with Gasteiger partial charge in [0.25, 0.3) is 6.01 Å². The van der Waals surface area contributed by atoms with E-state index >= 15 is 0 Å². The molecule has 0 aliphatic rings. The number of hydrogen-bond donors (Lipinski definition) is 2. The number of nitrogens with one attached hydrogen (secondary N) is 1. The van der Waals surface area contributed by atoms with Crippen LogP contribution in [0.25, 0.3) is 11.1 Å². The van der Waals surface area contributed by atoms with Crippen LogP contribution in [0, 0.1) is 0 Å². The highest BCUT2D eigenvalue weighted by Gasteiger charge is 2.11. The van der Waals surface area contributed by atoms with Gasteiger partial charge in [-0.25, -0.2) is 0 Å². The average Bonchev–Trinajstić information content (AvgIpc) is 2.83. The Morgan fingerprint density at radius 3 is 2.90 bits per heavy atom. The molecular weight excluding hydrogens is 322 g/mol. The molecule has 3 rings (SSSR count). The number of halogens is 1. The van der Waals surface area contributed by atoms with Crippen LogP contribution in [0.3, 0.4) is 0 Å². The molecule has 0 bridgehead atoms. The first-order chi connectivity index (χ1) is 9.67. The molecule has 0 unspecified atom stereocenters. The van der Waals surface area contributed by atoms with Gasteiger partial charge in [-0.15, -0.1) is 0 Å². The van der Waals surface area contributed by atoms with Crippen LogP contribution in [0.5, 0.6) is 5.75 Å². The first-order valence-electron chi connectivity index (χ1n) is 5.93. The highest BCUT2D eigenvalue weighted by molar-refractivity contribution is 9.10. The molecule has 0 radical (unpaired) electrons. The molecule has 5 nitrogen and oxygen atoms in total. The van der Waals surface area contributed by atoms with Crippen molar-refractivity contribution in [3.63, 3.8) is 0 Å². The normalized spacial score (nSPS) is 10.7. The van der Waals surface area contributed by atoms with Crippen molar-refractivity contribution in [3.05, 3.63) is 40.9 Å². The minimum atomic E-state index is 0.370. The standard InChI is InChI=1S/C14H12BrN3O2/c1-19-11-6-5-8(15)7-10(11)17-14-18-13-9(16)3-2-4-12(13)20-14/h2-7H,16H2,1H3,(H,17,18). The van der Waals surface area contributed by atoms with Gasteiger partial charge in [0.1, 0.15) is 11.3 Å². The number of methoxy groups -OCH3 is 1. The molecule has 0 fully saturated rings. The van der Waals surface area contributed by atoms with Gasteiger partial charge in [-0.05, 0) is 30.3 Å². The van der Waals surface area contributed by atoms with E-state index in [-0.39, 0.29) is 0 Å². The molecule has 1 heterocycles. The highest BCUT2D eigenvalue weighted by atomic mass is 79.9. The molecule has 102 valence electrons. The van der Waals surface area contributed by atoms with Gasteiger partial charge in [-0.2, -0.15) is 4.98 Å². The van der Waals surface area contributed by atoms with Gasteiger partial charge in [0.05, 0.1) is 18.5 Å². The van der Waals surface area contributed by atoms with Gasteiger partial charge in [-0.3, -0.25) is 0 Å². The lowest BCUT2D eigenvalue weighted by atomic mass is 10.3. The summed E-state index contributed by atoms with van der Waals surface area (Å²) in [5.41, 5.74) is 8.48. The van der Waals surface area contributed by atoms with E-state index < -0.39 is 0 Å². The van der Waals surface area contributed by atoms with E-state index in [0.29, 0.717) is 28.6 Å². The number of anilines is 3. The molecule has 6 heteroatoms. The Labute approximate surface area is 123 Å². The molecule has 0 aliphatic carbocycles. The second kappa shape index (κ2) is 5.05. The minimum absolute atomic E-state index is 0.370. The van der Waals surface area contributed by atoms with Crippen LogP contribution in [-0.4, -0.2) is 12.1 Å². The zero-order chi connectivity index (χ0) is 14.1. The number of rotatable bonds is 3. The van der Waals surface area contributed by atoms with E-state index in [9.17, 15) is 0 Å². The smallest absolute Gasteiger partial charge is 0.300 e. The predicted octanol–water partition coefficient (Wildman–Crippen LogP) is 3.92. The number of ether oxygens (including phenoxy) is 1. The number of benzene rings is 2. The lowest BCUT2D eigenvalue weighted by Crippen LogP contribution is -1.94. The van der Waals surface area contributed by atoms with Crippen molar-refractivity contribution < 1.29 is 9.15 Å². The Morgan fingerprint density at radius 1 is 1.30 bits per heavy atom. The zero-order valence-electron chi connectivity index (χ0n) is 10.7. The Hall–Kier alpha value is -2.21.